The Morgan fingerprint density at radius 2 is 1.74 bits per heavy atom. The van der Waals surface area contributed by atoms with E-state index < -0.39 is 9.84 Å². The van der Waals surface area contributed by atoms with Crippen molar-refractivity contribution in [2.75, 3.05) is 26.5 Å². The van der Waals surface area contributed by atoms with Crippen molar-refractivity contribution in [3.8, 4) is 22.6 Å². The quantitative estimate of drug-likeness (QED) is 0.859. The third-order valence-corrected chi connectivity index (χ3v) is 4.24. The van der Waals surface area contributed by atoms with Crippen LogP contribution in [0.15, 0.2) is 47.4 Å². The van der Waals surface area contributed by atoms with Crippen LogP contribution in [0.1, 0.15) is 0 Å². The fourth-order valence-corrected chi connectivity index (χ4v) is 2.71. The summed E-state index contributed by atoms with van der Waals surface area (Å²) in [6.07, 6.45) is 1.19. The molecule has 0 aromatic heterocycles. The van der Waals surface area contributed by atoms with E-state index in [9.17, 15) is 8.42 Å². The van der Waals surface area contributed by atoms with Gasteiger partial charge in [0, 0.05) is 12.8 Å². The molecular weight excluding hydrogens is 338 g/mol. The fraction of sp³-hybridized carbons (Fsp3) is 0.250. The molecule has 126 valence electrons. The molecule has 0 bridgehead atoms. The van der Waals surface area contributed by atoms with Crippen LogP contribution in [0, 0.1) is 0 Å². The van der Waals surface area contributed by atoms with Crippen LogP contribution in [-0.4, -0.2) is 34.9 Å². The number of halogens is 1. The highest BCUT2D eigenvalue weighted by Crippen LogP contribution is 2.33. The summed E-state index contributed by atoms with van der Waals surface area (Å²) in [5, 5.41) is 0. The number of sulfone groups is 1. The van der Waals surface area contributed by atoms with Crippen molar-refractivity contribution in [2.45, 2.75) is 4.90 Å². The van der Waals surface area contributed by atoms with Crippen LogP contribution in [0.5, 0.6) is 11.5 Å². The zero-order valence-corrected chi connectivity index (χ0v) is 14.6. The van der Waals surface area contributed by atoms with Crippen molar-refractivity contribution < 1.29 is 17.9 Å². The van der Waals surface area contributed by atoms with Crippen LogP contribution in [-0.2, 0) is 9.84 Å². The molecule has 0 unspecified atom stereocenters. The molecule has 0 fully saturated rings. The smallest absolute Gasteiger partial charge is 0.175 e. The number of hydrogen-bond acceptors (Lipinski definition) is 5. The standard InChI is InChI=1S/C16H19NO4S.ClH/c1-20-16-11-13(6-7-15(16)21-9-8-17)12-4-3-5-14(10-12)22(2,18)19;/h3-7,10-11H,8-9,17H2,1-2H3;1H. The average Bonchev–Trinajstić information content (AvgIpc) is 2.52. The van der Waals surface area contributed by atoms with Gasteiger partial charge in [-0.2, -0.15) is 0 Å². The Labute approximate surface area is 142 Å². The minimum Gasteiger partial charge on any atom is -0.493 e. The number of nitrogens with two attached hydrogens (primary N) is 1. The molecule has 0 aliphatic rings. The van der Waals surface area contributed by atoms with E-state index in [1.807, 2.05) is 18.2 Å². The molecule has 0 saturated carbocycles. The van der Waals surface area contributed by atoms with Gasteiger partial charge in [-0.15, -0.1) is 12.4 Å². The van der Waals surface area contributed by atoms with Crippen molar-refractivity contribution in [2.24, 2.45) is 5.73 Å². The van der Waals surface area contributed by atoms with Gasteiger partial charge in [-0.25, -0.2) is 8.42 Å². The van der Waals surface area contributed by atoms with Crippen molar-refractivity contribution >= 4 is 22.2 Å². The highest BCUT2D eigenvalue weighted by molar-refractivity contribution is 7.90. The Balaban J connectivity index is 0.00000264. The third kappa shape index (κ3) is 4.86. The fourth-order valence-electron chi connectivity index (χ4n) is 2.04. The second-order valence-corrected chi connectivity index (χ2v) is 6.82. The van der Waals surface area contributed by atoms with Gasteiger partial charge in [-0.3, -0.25) is 0 Å². The topological polar surface area (TPSA) is 78.6 Å². The molecule has 0 saturated heterocycles. The maximum Gasteiger partial charge on any atom is 0.175 e. The van der Waals surface area contributed by atoms with Gasteiger partial charge in [0.1, 0.15) is 6.61 Å². The van der Waals surface area contributed by atoms with Gasteiger partial charge in [0.25, 0.3) is 0 Å². The number of hydrogen-bond donors (Lipinski definition) is 1. The molecule has 23 heavy (non-hydrogen) atoms. The summed E-state index contributed by atoms with van der Waals surface area (Å²) in [4.78, 5) is 0.285. The summed E-state index contributed by atoms with van der Waals surface area (Å²) < 4.78 is 34.1. The molecule has 0 aliphatic heterocycles. The SMILES string of the molecule is COc1cc(-c2cccc(S(C)(=O)=O)c2)ccc1OCCN.Cl. The molecule has 5 nitrogen and oxygen atoms in total. The Morgan fingerprint density at radius 1 is 1.04 bits per heavy atom. The summed E-state index contributed by atoms with van der Waals surface area (Å²) in [5.41, 5.74) is 7.07. The van der Waals surface area contributed by atoms with Crippen LogP contribution in [0.25, 0.3) is 11.1 Å². The summed E-state index contributed by atoms with van der Waals surface area (Å²) in [6, 6.07) is 12.3. The molecule has 2 rings (SSSR count). The number of ether oxygens (including phenoxy) is 2. The number of benzene rings is 2. The summed E-state index contributed by atoms with van der Waals surface area (Å²) in [5.74, 6) is 1.19. The van der Waals surface area contributed by atoms with Gasteiger partial charge in [-0.05, 0) is 35.4 Å². The molecule has 2 N–H and O–H groups in total. The van der Waals surface area contributed by atoms with Gasteiger partial charge in [0.2, 0.25) is 0 Å². The predicted octanol–water partition coefficient (Wildman–Crippen LogP) is 2.52. The van der Waals surface area contributed by atoms with E-state index in [-0.39, 0.29) is 17.3 Å². The van der Waals surface area contributed by atoms with E-state index in [0.29, 0.717) is 24.7 Å². The molecule has 0 spiro atoms. The second kappa shape index (κ2) is 8.19. The lowest BCUT2D eigenvalue weighted by atomic mass is 10.1. The molecule has 2 aromatic rings. The lowest BCUT2D eigenvalue weighted by Crippen LogP contribution is -2.11. The Hall–Kier alpha value is -1.76. The van der Waals surface area contributed by atoms with E-state index in [2.05, 4.69) is 0 Å². The Bertz CT molecular complexity index is 762. The first-order valence-corrected chi connectivity index (χ1v) is 8.66. The van der Waals surface area contributed by atoms with Crippen molar-refractivity contribution in [3.05, 3.63) is 42.5 Å². The maximum absolute atomic E-state index is 11.7. The Kier molecular flexibility index (Phi) is 6.87. The molecule has 0 heterocycles. The monoisotopic (exact) mass is 357 g/mol. The van der Waals surface area contributed by atoms with Crippen LogP contribution in [0.3, 0.4) is 0 Å². The minimum absolute atomic E-state index is 0. The van der Waals surface area contributed by atoms with Gasteiger partial charge in [0.15, 0.2) is 21.3 Å². The van der Waals surface area contributed by atoms with Crippen LogP contribution < -0.4 is 15.2 Å². The van der Waals surface area contributed by atoms with E-state index in [1.165, 1.54) is 6.26 Å². The normalized spacial score (nSPS) is 10.7. The van der Waals surface area contributed by atoms with Crippen molar-refractivity contribution in [3.63, 3.8) is 0 Å². The van der Waals surface area contributed by atoms with Gasteiger partial charge < -0.3 is 15.2 Å². The number of methoxy groups -OCH3 is 1. The van der Waals surface area contributed by atoms with E-state index in [1.54, 1.807) is 31.4 Å². The van der Waals surface area contributed by atoms with Gasteiger partial charge >= 0.3 is 0 Å². The zero-order valence-electron chi connectivity index (χ0n) is 13.0. The minimum atomic E-state index is -3.24. The average molecular weight is 358 g/mol. The number of rotatable bonds is 6. The lowest BCUT2D eigenvalue weighted by Gasteiger charge is -2.12. The molecule has 0 amide bonds. The highest BCUT2D eigenvalue weighted by atomic mass is 35.5. The first-order valence-electron chi connectivity index (χ1n) is 6.77. The van der Waals surface area contributed by atoms with E-state index in [0.717, 1.165) is 11.1 Å². The maximum atomic E-state index is 11.7. The van der Waals surface area contributed by atoms with Crippen LogP contribution in [0.4, 0.5) is 0 Å². The Morgan fingerprint density at radius 3 is 2.35 bits per heavy atom. The largest absolute Gasteiger partial charge is 0.493 e. The van der Waals surface area contributed by atoms with Gasteiger partial charge in [-0.1, -0.05) is 18.2 Å². The zero-order chi connectivity index (χ0) is 16.2. The van der Waals surface area contributed by atoms with Crippen molar-refractivity contribution in [1.29, 1.82) is 0 Å². The molecule has 0 radical (unpaired) electrons. The predicted molar refractivity (Wildman–Crippen MR) is 93.3 cm³/mol. The van der Waals surface area contributed by atoms with E-state index >= 15 is 0 Å². The summed E-state index contributed by atoms with van der Waals surface area (Å²) >= 11 is 0. The second-order valence-electron chi connectivity index (χ2n) is 4.80. The summed E-state index contributed by atoms with van der Waals surface area (Å²) in [7, 11) is -1.68. The first kappa shape index (κ1) is 19.3. The van der Waals surface area contributed by atoms with E-state index in [4.69, 9.17) is 15.2 Å². The molecule has 7 heteroatoms. The highest BCUT2D eigenvalue weighted by Gasteiger charge is 2.10. The molecule has 2 aromatic carbocycles. The van der Waals surface area contributed by atoms with Crippen LogP contribution in [0.2, 0.25) is 0 Å². The molecular formula is C16H20ClNO4S. The molecule has 0 aliphatic carbocycles. The van der Waals surface area contributed by atoms with Crippen LogP contribution >= 0.6 is 12.4 Å². The lowest BCUT2D eigenvalue weighted by molar-refractivity contribution is 0.302. The third-order valence-electron chi connectivity index (χ3n) is 3.13. The van der Waals surface area contributed by atoms with Crippen molar-refractivity contribution in [1.82, 2.24) is 0 Å². The van der Waals surface area contributed by atoms with Gasteiger partial charge in [0.05, 0.1) is 12.0 Å². The first-order chi connectivity index (χ1) is 10.5. The molecule has 0 atom stereocenters. The summed E-state index contributed by atoms with van der Waals surface area (Å²) in [6.45, 7) is 0.820.